The van der Waals surface area contributed by atoms with Crippen LogP contribution in [0, 0.1) is 6.92 Å². The van der Waals surface area contributed by atoms with Gasteiger partial charge < -0.3 is 15.5 Å². The number of aryl methyl sites for hydroxylation is 2. The van der Waals surface area contributed by atoms with E-state index in [-0.39, 0.29) is 6.04 Å². The van der Waals surface area contributed by atoms with E-state index in [9.17, 15) is 0 Å². The molecule has 1 aromatic rings. The quantitative estimate of drug-likeness (QED) is 0.886. The van der Waals surface area contributed by atoms with Gasteiger partial charge in [0.1, 0.15) is 0 Å². The Morgan fingerprint density at radius 3 is 2.76 bits per heavy atom. The van der Waals surface area contributed by atoms with Crippen molar-refractivity contribution in [1.29, 1.82) is 0 Å². The maximum atomic E-state index is 6.57. The summed E-state index contributed by atoms with van der Waals surface area (Å²) in [5, 5.41) is 4.57. The molecule has 1 aliphatic heterocycles. The van der Waals surface area contributed by atoms with Crippen LogP contribution < -0.4 is 5.73 Å². The van der Waals surface area contributed by atoms with Crippen molar-refractivity contribution >= 4 is 15.9 Å². The van der Waals surface area contributed by atoms with Crippen molar-refractivity contribution in [3.63, 3.8) is 0 Å². The summed E-state index contributed by atoms with van der Waals surface area (Å²) in [7, 11) is 4.39. The molecule has 1 aromatic heterocycles. The normalized spacial score (nSPS) is 23.2. The minimum atomic E-state index is 0.119. The van der Waals surface area contributed by atoms with Crippen LogP contribution in [-0.4, -0.2) is 65.4 Å². The summed E-state index contributed by atoms with van der Waals surface area (Å²) in [6.07, 6.45) is 2.07. The standard InChI is InChI=1S/C15H28BrN5/c1-5-21-13(15(16)11(2)18-21)9-12(17)14-10-19(3)7-6-8-20(14)4/h12,14H,5-10,17H2,1-4H3. The zero-order chi connectivity index (χ0) is 15.6. The Labute approximate surface area is 136 Å². The molecular weight excluding hydrogens is 330 g/mol. The van der Waals surface area contributed by atoms with Crippen molar-refractivity contribution in [1.82, 2.24) is 19.6 Å². The fourth-order valence-electron chi connectivity index (χ4n) is 3.19. The van der Waals surface area contributed by atoms with E-state index in [4.69, 9.17) is 5.73 Å². The van der Waals surface area contributed by atoms with Crippen LogP contribution >= 0.6 is 15.9 Å². The van der Waals surface area contributed by atoms with Gasteiger partial charge in [0.25, 0.3) is 0 Å². The number of rotatable bonds is 4. The van der Waals surface area contributed by atoms with E-state index < -0.39 is 0 Å². The van der Waals surface area contributed by atoms with E-state index in [1.807, 2.05) is 6.92 Å². The summed E-state index contributed by atoms with van der Waals surface area (Å²) in [6, 6.07) is 0.512. The lowest BCUT2D eigenvalue weighted by atomic mass is 10.0. The average molecular weight is 358 g/mol. The predicted molar refractivity (Wildman–Crippen MR) is 90.5 cm³/mol. The third-order valence-corrected chi connectivity index (χ3v) is 5.52. The first kappa shape index (κ1) is 16.9. The molecule has 0 amide bonds. The monoisotopic (exact) mass is 357 g/mol. The fourth-order valence-corrected chi connectivity index (χ4v) is 3.64. The van der Waals surface area contributed by atoms with E-state index in [1.54, 1.807) is 0 Å². The van der Waals surface area contributed by atoms with Crippen LogP contribution in [0.15, 0.2) is 4.47 Å². The number of hydrogen-bond donors (Lipinski definition) is 1. The van der Waals surface area contributed by atoms with Gasteiger partial charge in [-0.05, 0) is 63.4 Å². The molecule has 21 heavy (non-hydrogen) atoms. The van der Waals surface area contributed by atoms with E-state index in [1.165, 1.54) is 12.1 Å². The van der Waals surface area contributed by atoms with Crippen molar-refractivity contribution in [2.24, 2.45) is 5.73 Å². The smallest absolute Gasteiger partial charge is 0.0738 e. The molecule has 2 atom stereocenters. The van der Waals surface area contributed by atoms with E-state index in [0.29, 0.717) is 6.04 Å². The molecule has 2 N–H and O–H groups in total. The minimum absolute atomic E-state index is 0.119. The van der Waals surface area contributed by atoms with Gasteiger partial charge in [0.2, 0.25) is 0 Å². The first-order chi connectivity index (χ1) is 9.93. The molecule has 1 fully saturated rings. The second-order valence-corrected chi connectivity index (χ2v) is 6.99. The van der Waals surface area contributed by atoms with Gasteiger partial charge in [-0.3, -0.25) is 4.68 Å². The van der Waals surface area contributed by atoms with Crippen LogP contribution in [0.5, 0.6) is 0 Å². The highest BCUT2D eigenvalue weighted by Gasteiger charge is 2.28. The lowest BCUT2D eigenvalue weighted by molar-refractivity contribution is 0.194. The van der Waals surface area contributed by atoms with Crippen LogP contribution in [0.1, 0.15) is 24.7 Å². The van der Waals surface area contributed by atoms with Crippen molar-refractivity contribution in [3.05, 3.63) is 15.9 Å². The third-order valence-electron chi connectivity index (χ3n) is 4.49. The molecule has 0 aliphatic carbocycles. The second kappa shape index (κ2) is 7.22. The molecule has 0 saturated carbocycles. The minimum Gasteiger partial charge on any atom is -0.326 e. The molecule has 2 heterocycles. The van der Waals surface area contributed by atoms with Gasteiger partial charge in [-0.15, -0.1) is 0 Å². The number of aromatic nitrogens is 2. The Bertz CT molecular complexity index is 473. The maximum absolute atomic E-state index is 6.57. The highest BCUT2D eigenvalue weighted by atomic mass is 79.9. The first-order valence-electron chi connectivity index (χ1n) is 7.80. The SMILES string of the molecule is CCn1nc(C)c(Br)c1CC(N)C1CN(C)CCCN1C. The highest BCUT2D eigenvalue weighted by molar-refractivity contribution is 9.10. The molecule has 0 bridgehead atoms. The fraction of sp³-hybridized carbons (Fsp3) is 0.800. The topological polar surface area (TPSA) is 50.3 Å². The number of halogens is 1. The number of likely N-dealkylation sites (N-methyl/N-ethyl adjacent to an activating group) is 2. The summed E-state index contributed by atoms with van der Waals surface area (Å²) >= 11 is 3.67. The molecule has 2 unspecified atom stereocenters. The van der Waals surface area contributed by atoms with Crippen molar-refractivity contribution < 1.29 is 0 Å². The second-order valence-electron chi connectivity index (χ2n) is 6.19. The average Bonchev–Trinajstić information content (AvgIpc) is 2.60. The lowest BCUT2D eigenvalue weighted by Crippen LogP contribution is -2.51. The number of nitrogens with zero attached hydrogens (tertiary/aromatic N) is 4. The first-order valence-corrected chi connectivity index (χ1v) is 8.59. The predicted octanol–water partition coefficient (Wildman–Crippen LogP) is 1.48. The van der Waals surface area contributed by atoms with Crippen molar-refractivity contribution in [2.75, 3.05) is 33.7 Å². The number of hydrogen-bond acceptors (Lipinski definition) is 4. The molecule has 0 spiro atoms. The van der Waals surface area contributed by atoms with Crippen LogP contribution in [0.4, 0.5) is 0 Å². The summed E-state index contributed by atoms with van der Waals surface area (Å²) in [5.41, 5.74) is 8.85. The lowest BCUT2D eigenvalue weighted by Gasteiger charge is -2.32. The Morgan fingerprint density at radius 1 is 1.38 bits per heavy atom. The summed E-state index contributed by atoms with van der Waals surface area (Å²) < 4.78 is 3.18. The van der Waals surface area contributed by atoms with Gasteiger partial charge in [0.05, 0.1) is 15.9 Å². The molecule has 1 saturated heterocycles. The Kier molecular flexibility index (Phi) is 5.82. The molecular formula is C15H28BrN5. The molecule has 1 aliphatic rings. The number of nitrogens with two attached hydrogens (primary N) is 1. The Morgan fingerprint density at radius 2 is 2.10 bits per heavy atom. The van der Waals surface area contributed by atoms with Gasteiger partial charge in [-0.1, -0.05) is 0 Å². The van der Waals surface area contributed by atoms with Crippen molar-refractivity contribution in [2.45, 2.75) is 45.3 Å². The summed E-state index contributed by atoms with van der Waals surface area (Å²) in [6.45, 7) is 8.36. The van der Waals surface area contributed by atoms with Crippen LogP contribution in [-0.2, 0) is 13.0 Å². The van der Waals surface area contributed by atoms with Gasteiger partial charge in [0, 0.05) is 31.6 Å². The molecule has 120 valence electrons. The van der Waals surface area contributed by atoms with Crippen LogP contribution in [0.25, 0.3) is 0 Å². The Hall–Kier alpha value is -0.430. The molecule has 6 heteroatoms. The van der Waals surface area contributed by atoms with Gasteiger partial charge in [-0.2, -0.15) is 5.10 Å². The van der Waals surface area contributed by atoms with E-state index in [2.05, 4.69) is 56.5 Å². The summed E-state index contributed by atoms with van der Waals surface area (Å²) in [5.74, 6) is 0. The van der Waals surface area contributed by atoms with Gasteiger partial charge in [-0.25, -0.2) is 0 Å². The van der Waals surface area contributed by atoms with Crippen LogP contribution in [0.3, 0.4) is 0 Å². The highest BCUT2D eigenvalue weighted by Crippen LogP contribution is 2.23. The largest absolute Gasteiger partial charge is 0.326 e. The molecule has 5 nitrogen and oxygen atoms in total. The van der Waals surface area contributed by atoms with Gasteiger partial charge >= 0.3 is 0 Å². The zero-order valence-corrected chi connectivity index (χ0v) is 15.2. The molecule has 0 radical (unpaired) electrons. The van der Waals surface area contributed by atoms with E-state index in [0.717, 1.165) is 42.8 Å². The Balaban J connectivity index is 2.14. The van der Waals surface area contributed by atoms with Crippen LogP contribution in [0.2, 0.25) is 0 Å². The van der Waals surface area contributed by atoms with Gasteiger partial charge in [0.15, 0.2) is 0 Å². The maximum Gasteiger partial charge on any atom is 0.0738 e. The molecule has 0 aromatic carbocycles. The summed E-state index contributed by atoms with van der Waals surface area (Å²) in [4.78, 5) is 4.81. The van der Waals surface area contributed by atoms with E-state index >= 15 is 0 Å². The zero-order valence-electron chi connectivity index (χ0n) is 13.6. The van der Waals surface area contributed by atoms with Crippen molar-refractivity contribution in [3.8, 4) is 0 Å². The molecule has 2 rings (SSSR count). The third kappa shape index (κ3) is 3.86.